The Morgan fingerprint density at radius 1 is 1.10 bits per heavy atom. The number of nitro groups is 1. The quantitative estimate of drug-likeness (QED) is 0.505. The Labute approximate surface area is 167 Å². The molecule has 2 aromatic carbocycles. The van der Waals surface area contributed by atoms with Crippen molar-refractivity contribution in [1.29, 1.82) is 0 Å². The highest BCUT2D eigenvalue weighted by molar-refractivity contribution is 5.45. The van der Waals surface area contributed by atoms with Gasteiger partial charge in [-0.15, -0.1) is 0 Å². The Hall–Kier alpha value is -3.23. The standard InChI is InChI=1S/C21H21N3O5/c25-19(16-6-8-17(9-7-16)24(26)27)20-22-18(14-15-4-2-1-3-5-15)21(29-20)23-10-12-28-13-11-23/h1-9,19,25H,10-14H2. The minimum Gasteiger partial charge on any atom is -0.422 e. The second-order valence-corrected chi connectivity index (χ2v) is 6.82. The highest BCUT2D eigenvalue weighted by atomic mass is 16.6. The highest BCUT2D eigenvalue weighted by Gasteiger charge is 2.25. The molecule has 29 heavy (non-hydrogen) atoms. The average Bonchev–Trinajstić information content (AvgIpc) is 3.18. The van der Waals surface area contributed by atoms with Gasteiger partial charge >= 0.3 is 0 Å². The van der Waals surface area contributed by atoms with E-state index in [1.54, 1.807) is 0 Å². The van der Waals surface area contributed by atoms with Crippen molar-refractivity contribution in [1.82, 2.24) is 4.98 Å². The Morgan fingerprint density at radius 2 is 1.79 bits per heavy atom. The number of nitrogens with zero attached hydrogens (tertiary/aromatic N) is 3. The van der Waals surface area contributed by atoms with Crippen LogP contribution in [0.25, 0.3) is 0 Å². The summed E-state index contributed by atoms with van der Waals surface area (Å²) in [6, 6.07) is 15.7. The number of aliphatic hydroxyl groups is 1. The molecule has 1 aliphatic rings. The number of aromatic nitrogens is 1. The molecule has 1 unspecified atom stereocenters. The van der Waals surface area contributed by atoms with Crippen LogP contribution >= 0.6 is 0 Å². The minimum absolute atomic E-state index is 0.0351. The van der Waals surface area contributed by atoms with Crippen LogP contribution in [0.3, 0.4) is 0 Å². The molecule has 1 aliphatic heterocycles. The molecule has 0 aliphatic carbocycles. The van der Waals surface area contributed by atoms with E-state index in [1.165, 1.54) is 24.3 Å². The second kappa shape index (κ2) is 8.42. The van der Waals surface area contributed by atoms with Crippen molar-refractivity contribution in [2.75, 3.05) is 31.2 Å². The lowest BCUT2D eigenvalue weighted by molar-refractivity contribution is -0.384. The van der Waals surface area contributed by atoms with Crippen molar-refractivity contribution < 1.29 is 19.2 Å². The normalized spacial score (nSPS) is 15.3. The van der Waals surface area contributed by atoms with Crippen molar-refractivity contribution in [3.8, 4) is 0 Å². The van der Waals surface area contributed by atoms with Crippen molar-refractivity contribution in [3.63, 3.8) is 0 Å². The zero-order chi connectivity index (χ0) is 20.2. The molecule has 0 amide bonds. The van der Waals surface area contributed by atoms with E-state index in [0.717, 1.165) is 11.3 Å². The van der Waals surface area contributed by atoms with Gasteiger partial charge in [-0.25, -0.2) is 4.98 Å². The van der Waals surface area contributed by atoms with Crippen LogP contribution in [0.4, 0.5) is 11.6 Å². The van der Waals surface area contributed by atoms with E-state index < -0.39 is 11.0 Å². The predicted molar refractivity (Wildman–Crippen MR) is 106 cm³/mol. The molecule has 4 rings (SSSR count). The number of aliphatic hydroxyl groups excluding tert-OH is 1. The van der Waals surface area contributed by atoms with E-state index in [9.17, 15) is 15.2 Å². The van der Waals surface area contributed by atoms with Crippen LogP contribution in [-0.4, -0.2) is 41.3 Å². The van der Waals surface area contributed by atoms with Gasteiger partial charge in [0.2, 0.25) is 11.8 Å². The van der Waals surface area contributed by atoms with Gasteiger partial charge in [0, 0.05) is 31.6 Å². The van der Waals surface area contributed by atoms with Gasteiger partial charge in [0.1, 0.15) is 5.69 Å². The summed E-state index contributed by atoms with van der Waals surface area (Å²) in [6.07, 6.45) is -0.538. The van der Waals surface area contributed by atoms with Crippen molar-refractivity contribution in [3.05, 3.63) is 87.4 Å². The summed E-state index contributed by atoms with van der Waals surface area (Å²) in [7, 11) is 0. The number of rotatable bonds is 6. The summed E-state index contributed by atoms with van der Waals surface area (Å²) in [6.45, 7) is 2.57. The topological polar surface area (TPSA) is 102 Å². The molecule has 1 atom stereocenters. The van der Waals surface area contributed by atoms with Gasteiger partial charge in [-0.2, -0.15) is 0 Å². The van der Waals surface area contributed by atoms with Gasteiger partial charge < -0.3 is 19.2 Å². The molecular formula is C21H21N3O5. The number of oxazole rings is 1. The maximum Gasteiger partial charge on any atom is 0.269 e. The Balaban J connectivity index is 1.64. The van der Waals surface area contributed by atoms with Gasteiger partial charge in [-0.3, -0.25) is 10.1 Å². The van der Waals surface area contributed by atoms with Crippen LogP contribution in [0.1, 0.15) is 28.8 Å². The first-order chi connectivity index (χ1) is 14.1. The van der Waals surface area contributed by atoms with E-state index in [-0.39, 0.29) is 11.6 Å². The third-order valence-corrected chi connectivity index (χ3v) is 4.86. The molecule has 0 spiro atoms. The lowest BCUT2D eigenvalue weighted by Crippen LogP contribution is -2.36. The van der Waals surface area contributed by atoms with E-state index >= 15 is 0 Å². The van der Waals surface area contributed by atoms with Crippen LogP contribution in [-0.2, 0) is 11.2 Å². The summed E-state index contributed by atoms with van der Waals surface area (Å²) in [5.74, 6) is 0.805. The first kappa shape index (κ1) is 19.1. The van der Waals surface area contributed by atoms with E-state index in [0.29, 0.717) is 44.2 Å². The Bertz CT molecular complexity index is 966. The molecule has 3 aromatic rings. The Kier molecular flexibility index (Phi) is 5.55. The number of ether oxygens (including phenoxy) is 1. The van der Waals surface area contributed by atoms with Crippen LogP contribution in [0.5, 0.6) is 0 Å². The minimum atomic E-state index is -1.11. The molecule has 1 fully saturated rings. The zero-order valence-electron chi connectivity index (χ0n) is 15.7. The molecule has 2 heterocycles. The van der Waals surface area contributed by atoms with Gasteiger partial charge in [0.15, 0.2) is 6.10 Å². The number of nitro benzene ring substituents is 1. The van der Waals surface area contributed by atoms with E-state index in [2.05, 4.69) is 9.88 Å². The summed E-state index contributed by atoms with van der Waals surface area (Å²) in [5.41, 5.74) is 2.28. The summed E-state index contributed by atoms with van der Waals surface area (Å²) >= 11 is 0. The van der Waals surface area contributed by atoms with E-state index in [4.69, 9.17) is 9.15 Å². The van der Waals surface area contributed by atoms with Gasteiger partial charge in [-0.05, 0) is 23.3 Å². The van der Waals surface area contributed by atoms with Crippen molar-refractivity contribution in [2.45, 2.75) is 12.5 Å². The number of hydrogen-bond donors (Lipinski definition) is 1. The first-order valence-electron chi connectivity index (χ1n) is 9.40. The average molecular weight is 395 g/mol. The fourth-order valence-electron chi connectivity index (χ4n) is 3.32. The van der Waals surface area contributed by atoms with Crippen molar-refractivity contribution >= 4 is 11.6 Å². The van der Waals surface area contributed by atoms with Gasteiger partial charge in [0.25, 0.3) is 5.69 Å². The Morgan fingerprint density at radius 3 is 2.45 bits per heavy atom. The second-order valence-electron chi connectivity index (χ2n) is 6.82. The van der Waals surface area contributed by atoms with Crippen LogP contribution in [0, 0.1) is 10.1 Å². The molecule has 0 bridgehead atoms. The van der Waals surface area contributed by atoms with Crippen LogP contribution < -0.4 is 4.90 Å². The highest BCUT2D eigenvalue weighted by Crippen LogP contribution is 2.31. The summed E-state index contributed by atoms with van der Waals surface area (Å²) in [4.78, 5) is 17.0. The van der Waals surface area contributed by atoms with Gasteiger partial charge in [-0.1, -0.05) is 30.3 Å². The summed E-state index contributed by atoms with van der Waals surface area (Å²) in [5, 5.41) is 21.6. The maximum absolute atomic E-state index is 10.8. The predicted octanol–water partition coefficient (Wildman–Crippen LogP) is 3.09. The molecule has 1 N–H and O–H groups in total. The van der Waals surface area contributed by atoms with Crippen LogP contribution in [0.15, 0.2) is 59.0 Å². The summed E-state index contributed by atoms with van der Waals surface area (Å²) < 4.78 is 11.4. The number of non-ortho nitro benzene ring substituents is 1. The molecule has 1 saturated heterocycles. The molecule has 150 valence electrons. The molecule has 8 nitrogen and oxygen atoms in total. The smallest absolute Gasteiger partial charge is 0.269 e. The zero-order valence-corrected chi connectivity index (χ0v) is 15.7. The van der Waals surface area contributed by atoms with Crippen LogP contribution in [0.2, 0.25) is 0 Å². The fraction of sp³-hybridized carbons (Fsp3) is 0.286. The molecule has 0 saturated carbocycles. The number of hydrogen-bond acceptors (Lipinski definition) is 7. The van der Waals surface area contributed by atoms with Gasteiger partial charge in [0.05, 0.1) is 18.1 Å². The number of morpholine rings is 1. The number of anilines is 1. The largest absolute Gasteiger partial charge is 0.422 e. The molecular weight excluding hydrogens is 374 g/mol. The van der Waals surface area contributed by atoms with Crippen molar-refractivity contribution in [2.24, 2.45) is 0 Å². The third kappa shape index (κ3) is 4.28. The SMILES string of the molecule is O=[N+]([O-])c1ccc(C(O)c2nc(Cc3ccccc3)c(N3CCOCC3)o2)cc1. The molecule has 8 heteroatoms. The van der Waals surface area contributed by atoms with E-state index in [1.807, 2.05) is 30.3 Å². The monoisotopic (exact) mass is 395 g/mol. The molecule has 0 radical (unpaired) electrons. The maximum atomic E-state index is 10.8. The molecule has 1 aromatic heterocycles. The lowest BCUT2D eigenvalue weighted by Gasteiger charge is -2.26. The fourth-order valence-corrected chi connectivity index (χ4v) is 3.32. The third-order valence-electron chi connectivity index (χ3n) is 4.86. The number of benzene rings is 2. The lowest BCUT2D eigenvalue weighted by atomic mass is 10.1. The first-order valence-corrected chi connectivity index (χ1v) is 9.40.